The smallest absolute Gasteiger partial charge is 0.322 e. The number of carboxylic acids is 1. The van der Waals surface area contributed by atoms with Crippen molar-refractivity contribution in [3.05, 3.63) is 0 Å². The van der Waals surface area contributed by atoms with E-state index in [1.807, 2.05) is 21.3 Å². The first-order valence-electron chi connectivity index (χ1n) is 9.37. The maximum Gasteiger partial charge on any atom is 0.322 e. The van der Waals surface area contributed by atoms with E-state index >= 15 is 0 Å². The second-order valence-corrected chi connectivity index (χ2v) is 6.35. The van der Waals surface area contributed by atoms with E-state index in [1.165, 1.54) is 0 Å². The fourth-order valence-electron chi connectivity index (χ4n) is 2.13. The van der Waals surface area contributed by atoms with Gasteiger partial charge in [-0.3, -0.25) is 28.8 Å². The monoisotopic (exact) mass is 480 g/mol. The summed E-state index contributed by atoms with van der Waals surface area (Å²) in [6.07, 6.45) is 0. The summed E-state index contributed by atoms with van der Waals surface area (Å²) >= 11 is 0. The minimum atomic E-state index is -1.70. The van der Waals surface area contributed by atoms with Gasteiger partial charge in [0, 0.05) is 0 Å². The molecule has 33 heavy (non-hydrogen) atoms. The van der Waals surface area contributed by atoms with Gasteiger partial charge >= 0.3 is 5.97 Å². The minimum Gasteiger partial charge on any atom is -0.480 e. The standard InChI is InChI=1S/C16H28N6O11/c17-1-11(27)19-8(4-24)14(31)21-10(6-26)16(33)22-9(5-25)15(32)20-7(3-23)13(30)18-2-12(28)29/h7-10,23-26H,1-6,17H2,(H,18,30)(H,19,27)(H,20,32)(H,21,31)(H,22,33)(H,28,29)/t7-,8-,9-,10-/m0/s1. The molecule has 0 radical (unpaired) electrons. The highest BCUT2D eigenvalue weighted by Gasteiger charge is 2.30. The minimum absolute atomic E-state index is 0.482. The molecule has 12 N–H and O–H groups in total. The Balaban J connectivity index is 5.08. The van der Waals surface area contributed by atoms with E-state index in [0.29, 0.717) is 0 Å². The number of amides is 5. The fraction of sp³-hybridized carbons (Fsp3) is 0.625. The number of aliphatic carboxylic acids is 1. The zero-order valence-corrected chi connectivity index (χ0v) is 17.3. The summed E-state index contributed by atoms with van der Waals surface area (Å²) in [6.45, 7) is -5.03. The average Bonchev–Trinajstić information content (AvgIpc) is 2.80. The van der Waals surface area contributed by atoms with Crippen molar-refractivity contribution in [2.75, 3.05) is 39.5 Å². The van der Waals surface area contributed by atoms with Crippen LogP contribution in [0.3, 0.4) is 0 Å². The van der Waals surface area contributed by atoms with Gasteiger partial charge in [0.05, 0.1) is 33.0 Å². The van der Waals surface area contributed by atoms with E-state index in [0.717, 1.165) is 0 Å². The lowest BCUT2D eigenvalue weighted by atomic mass is 10.2. The van der Waals surface area contributed by atoms with Crippen LogP contribution in [0.1, 0.15) is 0 Å². The Labute approximate surface area is 186 Å². The number of carbonyl (C=O) groups excluding carboxylic acids is 5. The first-order chi connectivity index (χ1) is 15.5. The molecule has 0 fully saturated rings. The van der Waals surface area contributed by atoms with Gasteiger partial charge in [-0.05, 0) is 0 Å². The van der Waals surface area contributed by atoms with E-state index in [1.54, 1.807) is 0 Å². The van der Waals surface area contributed by atoms with Crippen molar-refractivity contribution < 1.29 is 54.3 Å². The van der Waals surface area contributed by atoms with Crippen molar-refractivity contribution in [2.24, 2.45) is 5.73 Å². The molecular formula is C16H28N6O11. The van der Waals surface area contributed by atoms with Gasteiger partial charge in [-0.25, -0.2) is 0 Å². The number of hydrogen-bond acceptors (Lipinski definition) is 11. The molecule has 0 bridgehead atoms. The van der Waals surface area contributed by atoms with Crippen LogP contribution in [0.25, 0.3) is 0 Å². The van der Waals surface area contributed by atoms with Gasteiger partial charge in [-0.2, -0.15) is 0 Å². The number of carboxylic acid groups (broad SMARTS) is 1. The summed E-state index contributed by atoms with van der Waals surface area (Å²) in [7, 11) is 0. The average molecular weight is 480 g/mol. The van der Waals surface area contributed by atoms with Crippen LogP contribution in [0.5, 0.6) is 0 Å². The summed E-state index contributed by atoms with van der Waals surface area (Å²) in [5.41, 5.74) is 5.08. The third kappa shape index (κ3) is 10.7. The number of aliphatic hydroxyl groups is 4. The molecule has 0 unspecified atom stereocenters. The summed E-state index contributed by atoms with van der Waals surface area (Å²) in [5.74, 6) is -6.58. The highest BCUT2D eigenvalue weighted by Crippen LogP contribution is 1.93. The fourth-order valence-corrected chi connectivity index (χ4v) is 2.13. The molecule has 0 aliphatic carbocycles. The molecule has 188 valence electrons. The van der Waals surface area contributed by atoms with Crippen LogP contribution in [0.2, 0.25) is 0 Å². The summed E-state index contributed by atoms with van der Waals surface area (Å²) in [5, 5.41) is 55.7. The summed E-state index contributed by atoms with van der Waals surface area (Å²) in [6, 6.07) is -6.46. The zero-order chi connectivity index (χ0) is 25.6. The Morgan fingerprint density at radius 2 is 0.939 bits per heavy atom. The predicted octanol–water partition coefficient (Wildman–Crippen LogP) is -7.95. The van der Waals surface area contributed by atoms with E-state index in [4.69, 9.17) is 10.8 Å². The predicted molar refractivity (Wildman–Crippen MR) is 106 cm³/mol. The van der Waals surface area contributed by atoms with Crippen molar-refractivity contribution in [3.8, 4) is 0 Å². The number of nitrogens with two attached hydrogens (primary N) is 1. The van der Waals surface area contributed by atoms with Crippen LogP contribution in [-0.2, 0) is 28.8 Å². The van der Waals surface area contributed by atoms with E-state index in [9.17, 15) is 49.2 Å². The van der Waals surface area contributed by atoms with Gasteiger partial charge in [-0.1, -0.05) is 0 Å². The molecule has 0 aliphatic rings. The SMILES string of the molecule is NCC(=O)N[C@@H](CO)C(=O)N[C@@H](CO)C(=O)N[C@@H](CO)C(=O)N[C@@H](CO)C(=O)NCC(=O)O. The Bertz CT molecular complexity index is 719. The van der Waals surface area contributed by atoms with Gasteiger partial charge in [0.25, 0.3) is 0 Å². The third-order valence-corrected chi connectivity index (χ3v) is 3.88. The third-order valence-electron chi connectivity index (χ3n) is 3.88. The van der Waals surface area contributed by atoms with Gasteiger partial charge in [-0.15, -0.1) is 0 Å². The lowest BCUT2D eigenvalue weighted by molar-refractivity contribution is -0.139. The van der Waals surface area contributed by atoms with Crippen LogP contribution in [0.4, 0.5) is 0 Å². The molecule has 17 heteroatoms. The number of aliphatic hydroxyl groups excluding tert-OH is 4. The number of rotatable bonds is 15. The first-order valence-corrected chi connectivity index (χ1v) is 9.37. The molecule has 4 atom stereocenters. The zero-order valence-electron chi connectivity index (χ0n) is 17.3. The highest BCUT2D eigenvalue weighted by molar-refractivity contribution is 5.96. The molecule has 0 rings (SSSR count). The maximum absolute atomic E-state index is 12.3. The Kier molecular flexibility index (Phi) is 13.8. The van der Waals surface area contributed by atoms with Crippen molar-refractivity contribution in [1.82, 2.24) is 26.6 Å². The van der Waals surface area contributed by atoms with E-state index < -0.39 is 99.2 Å². The number of hydrogen-bond donors (Lipinski definition) is 11. The van der Waals surface area contributed by atoms with Crippen LogP contribution in [0, 0.1) is 0 Å². The Hall–Kier alpha value is -3.38. The van der Waals surface area contributed by atoms with Gasteiger partial charge in [0.15, 0.2) is 0 Å². The van der Waals surface area contributed by atoms with Gasteiger partial charge in [0.2, 0.25) is 29.5 Å². The second-order valence-electron chi connectivity index (χ2n) is 6.35. The number of carbonyl (C=O) groups is 6. The van der Waals surface area contributed by atoms with Gasteiger partial charge < -0.3 is 57.9 Å². The number of nitrogens with one attached hydrogen (secondary N) is 5. The molecule has 0 aromatic heterocycles. The topological polar surface area (TPSA) is 290 Å². The molecule has 0 saturated heterocycles. The van der Waals surface area contributed by atoms with Gasteiger partial charge in [0.1, 0.15) is 30.7 Å². The molecule has 0 spiro atoms. The van der Waals surface area contributed by atoms with Crippen LogP contribution in [0.15, 0.2) is 0 Å². The van der Waals surface area contributed by atoms with Crippen LogP contribution < -0.4 is 32.3 Å². The normalized spacial score (nSPS) is 14.1. The largest absolute Gasteiger partial charge is 0.480 e. The van der Waals surface area contributed by atoms with Crippen LogP contribution >= 0.6 is 0 Å². The molecule has 0 aliphatic heterocycles. The van der Waals surface area contributed by atoms with Crippen molar-refractivity contribution in [2.45, 2.75) is 24.2 Å². The second kappa shape index (κ2) is 15.4. The Morgan fingerprint density at radius 1 is 0.606 bits per heavy atom. The molecule has 5 amide bonds. The lowest BCUT2D eigenvalue weighted by Gasteiger charge is -2.24. The molecule has 0 heterocycles. The maximum atomic E-state index is 12.3. The molecule has 0 aromatic carbocycles. The highest BCUT2D eigenvalue weighted by atomic mass is 16.4. The van der Waals surface area contributed by atoms with E-state index in [2.05, 4.69) is 5.32 Å². The van der Waals surface area contributed by atoms with Crippen LogP contribution in [-0.4, -0.2) is 125 Å². The molecule has 0 aromatic rings. The van der Waals surface area contributed by atoms with Crippen molar-refractivity contribution in [3.63, 3.8) is 0 Å². The Morgan fingerprint density at radius 3 is 1.24 bits per heavy atom. The molecule has 17 nitrogen and oxygen atoms in total. The molecule has 0 saturated carbocycles. The quantitative estimate of drug-likeness (QED) is 0.104. The van der Waals surface area contributed by atoms with Crippen molar-refractivity contribution >= 4 is 35.5 Å². The first kappa shape index (κ1) is 29.6. The van der Waals surface area contributed by atoms with E-state index in [-0.39, 0.29) is 0 Å². The summed E-state index contributed by atoms with van der Waals surface area (Å²) < 4.78 is 0. The van der Waals surface area contributed by atoms with Crippen molar-refractivity contribution in [1.29, 1.82) is 0 Å². The molecular weight excluding hydrogens is 452 g/mol. The summed E-state index contributed by atoms with van der Waals surface area (Å²) in [4.78, 5) is 70.1. The lowest BCUT2D eigenvalue weighted by Crippen LogP contribution is -2.60.